The highest BCUT2D eigenvalue weighted by Crippen LogP contribution is 2.29. The van der Waals surface area contributed by atoms with E-state index in [9.17, 15) is 4.79 Å². The Kier molecular flexibility index (Phi) is 6.94. The van der Waals surface area contributed by atoms with Crippen molar-refractivity contribution >= 4 is 23.4 Å². The van der Waals surface area contributed by atoms with Crippen LogP contribution in [0.4, 0.5) is 5.69 Å². The molecule has 0 bridgehead atoms. The molecule has 178 valence electrons. The van der Waals surface area contributed by atoms with Gasteiger partial charge >= 0.3 is 0 Å². The highest BCUT2D eigenvalue weighted by Gasteiger charge is 2.23. The summed E-state index contributed by atoms with van der Waals surface area (Å²) in [5.74, 6) is 1.88. The highest BCUT2D eigenvalue weighted by atomic mass is 32.2. The largest absolute Gasteiger partial charge is 0.497 e. The Morgan fingerprint density at radius 1 is 0.886 bits per heavy atom. The second kappa shape index (κ2) is 10.6. The molecule has 1 fully saturated rings. The molecule has 4 aromatic rings. The van der Waals surface area contributed by atoms with Crippen LogP contribution in [0.25, 0.3) is 17.1 Å². The summed E-state index contributed by atoms with van der Waals surface area (Å²) in [6.07, 6.45) is 3.46. The lowest BCUT2D eigenvalue weighted by molar-refractivity contribution is -0.128. The minimum absolute atomic E-state index is 0.109. The third-order valence-electron chi connectivity index (χ3n) is 5.98. The monoisotopic (exact) mass is 486 g/mol. The number of anilines is 1. The molecule has 0 unspecified atom stereocenters. The molecular formula is C26H26N6O2S. The summed E-state index contributed by atoms with van der Waals surface area (Å²) < 4.78 is 7.28. The number of piperazine rings is 1. The van der Waals surface area contributed by atoms with Crippen molar-refractivity contribution in [3.8, 4) is 22.8 Å². The summed E-state index contributed by atoms with van der Waals surface area (Å²) in [5.41, 5.74) is 3.00. The summed E-state index contributed by atoms with van der Waals surface area (Å²) in [6, 6.07) is 21.8. The molecule has 9 heteroatoms. The van der Waals surface area contributed by atoms with Crippen molar-refractivity contribution in [3.05, 3.63) is 79.1 Å². The van der Waals surface area contributed by atoms with Gasteiger partial charge in [-0.05, 0) is 48.5 Å². The van der Waals surface area contributed by atoms with E-state index in [4.69, 9.17) is 4.74 Å². The van der Waals surface area contributed by atoms with Gasteiger partial charge in [0.1, 0.15) is 5.75 Å². The second-order valence-corrected chi connectivity index (χ2v) is 9.01. The van der Waals surface area contributed by atoms with E-state index in [1.54, 1.807) is 19.5 Å². The van der Waals surface area contributed by atoms with E-state index in [2.05, 4.69) is 32.2 Å². The van der Waals surface area contributed by atoms with Crippen molar-refractivity contribution in [1.29, 1.82) is 0 Å². The van der Waals surface area contributed by atoms with E-state index >= 15 is 0 Å². The molecule has 0 saturated carbocycles. The number of hydrogen-bond acceptors (Lipinski definition) is 7. The Morgan fingerprint density at radius 2 is 1.60 bits per heavy atom. The minimum atomic E-state index is 0.109. The molecule has 0 aliphatic carbocycles. The van der Waals surface area contributed by atoms with E-state index in [1.807, 2.05) is 64.1 Å². The van der Waals surface area contributed by atoms with Crippen LogP contribution in [-0.2, 0) is 4.79 Å². The number of thioether (sulfide) groups is 1. The molecule has 8 nitrogen and oxygen atoms in total. The van der Waals surface area contributed by atoms with Crippen molar-refractivity contribution in [2.45, 2.75) is 5.16 Å². The lowest BCUT2D eigenvalue weighted by Gasteiger charge is -2.36. The average Bonchev–Trinajstić information content (AvgIpc) is 3.37. The zero-order valence-corrected chi connectivity index (χ0v) is 20.3. The van der Waals surface area contributed by atoms with Gasteiger partial charge in [-0.15, -0.1) is 10.2 Å². The van der Waals surface area contributed by atoms with E-state index in [1.165, 1.54) is 17.4 Å². The van der Waals surface area contributed by atoms with Crippen LogP contribution < -0.4 is 9.64 Å². The third-order valence-corrected chi connectivity index (χ3v) is 6.89. The fraction of sp³-hybridized carbons (Fsp3) is 0.231. The highest BCUT2D eigenvalue weighted by molar-refractivity contribution is 7.99. The molecule has 2 aromatic heterocycles. The third kappa shape index (κ3) is 5.14. The summed E-state index contributed by atoms with van der Waals surface area (Å²) in [5, 5.41) is 9.53. The molecule has 35 heavy (non-hydrogen) atoms. The van der Waals surface area contributed by atoms with Gasteiger partial charge in [0.25, 0.3) is 0 Å². The first-order chi connectivity index (χ1) is 17.2. The van der Waals surface area contributed by atoms with Crippen molar-refractivity contribution < 1.29 is 9.53 Å². The number of para-hydroxylation sites is 1. The number of ether oxygens (including phenoxy) is 1. The molecule has 1 amide bonds. The number of aromatic nitrogens is 4. The summed E-state index contributed by atoms with van der Waals surface area (Å²) in [6.45, 7) is 3.08. The number of carbonyl (C=O) groups excluding carboxylic acids is 1. The van der Waals surface area contributed by atoms with Crippen molar-refractivity contribution in [3.63, 3.8) is 0 Å². The van der Waals surface area contributed by atoms with Gasteiger partial charge in [0.2, 0.25) is 5.91 Å². The van der Waals surface area contributed by atoms with Crippen LogP contribution in [0.3, 0.4) is 0 Å². The number of carbonyl (C=O) groups is 1. The van der Waals surface area contributed by atoms with Crippen LogP contribution in [0.15, 0.2) is 84.3 Å². The quantitative estimate of drug-likeness (QED) is 0.368. The molecule has 0 atom stereocenters. The SMILES string of the molecule is COc1ccc(-n2c(SCC(=O)N3CCN(c4ccccc4)CC3)nnc2-c2ccncc2)cc1. The number of benzene rings is 2. The van der Waals surface area contributed by atoms with Gasteiger partial charge in [-0.3, -0.25) is 14.3 Å². The molecule has 1 saturated heterocycles. The van der Waals surface area contributed by atoms with Gasteiger partial charge in [0.05, 0.1) is 12.9 Å². The molecule has 2 aromatic carbocycles. The fourth-order valence-electron chi connectivity index (χ4n) is 4.09. The van der Waals surface area contributed by atoms with E-state index in [0.717, 1.165) is 30.1 Å². The summed E-state index contributed by atoms with van der Waals surface area (Å²) >= 11 is 1.40. The van der Waals surface area contributed by atoms with Crippen molar-refractivity contribution in [2.24, 2.45) is 0 Å². The smallest absolute Gasteiger partial charge is 0.233 e. The summed E-state index contributed by atoms with van der Waals surface area (Å²) in [7, 11) is 1.64. The number of hydrogen-bond donors (Lipinski definition) is 0. The first kappa shape index (κ1) is 22.9. The predicted octanol–water partition coefficient (Wildman–Crippen LogP) is 3.78. The van der Waals surface area contributed by atoms with Crippen LogP contribution in [0, 0.1) is 0 Å². The molecule has 0 spiro atoms. The molecule has 3 heterocycles. The lowest BCUT2D eigenvalue weighted by atomic mass is 10.2. The molecule has 1 aliphatic heterocycles. The zero-order valence-electron chi connectivity index (χ0n) is 19.4. The maximum absolute atomic E-state index is 13.0. The average molecular weight is 487 g/mol. The Bertz CT molecular complexity index is 1260. The minimum Gasteiger partial charge on any atom is -0.497 e. The van der Waals surface area contributed by atoms with Gasteiger partial charge < -0.3 is 14.5 Å². The number of amides is 1. The lowest BCUT2D eigenvalue weighted by Crippen LogP contribution is -2.49. The molecule has 0 radical (unpaired) electrons. The number of nitrogens with zero attached hydrogens (tertiary/aromatic N) is 6. The second-order valence-electron chi connectivity index (χ2n) is 8.07. The van der Waals surface area contributed by atoms with Crippen LogP contribution in [0.1, 0.15) is 0 Å². The van der Waals surface area contributed by atoms with Gasteiger partial charge in [-0.25, -0.2) is 0 Å². The van der Waals surface area contributed by atoms with E-state index in [-0.39, 0.29) is 5.91 Å². The Balaban J connectivity index is 1.30. The Labute approximate surface area is 208 Å². The molecule has 0 N–H and O–H groups in total. The molecular weight excluding hydrogens is 460 g/mol. The Hall–Kier alpha value is -3.85. The van der Waals surface area contributed by atoms with Gasteiger partial charge in [0, 0.05) is 55.5 Å². The topological polar surface area (TPSA) is 76.4 Å². The van der Waals surface area contributed by atoms with E-state index < -0.39 is 0 Å². The first-order valence-electron chi connectivity index (χ1n) is 11.4. The van der Waals surface area contributed by atoms with Crippen LogP contribution in [0.5, 0.6) is 5.75 Å². The normalized spacial score (nSPS) is 13.6. The fourth-order valence-corrected chi connectivity index (χ4v) is 4.94. The Morgan fingerprint density at radius 3 is 2.29 bits per heavy atom. The first-order valence-corrected chi connectivity index (χ1v) is 12.4. The maximum Gasteiger partial charge on any atom is 0.233 e. The number of rotatable bonds is 7. The van der Waals surface area contributed by atoms with Crippen LogP contribution in [-0.4, -0.2) is 69.6 Å². The van der Waals surface area contributed by atoms with Crippen molar-refractivity contribution in [2.75, 3.05) is 43.9 Å². The number of pyridine rings is 1. The number of methoxy groups -OCH3 is 1. The predicted molar refractivity (Wildman–Crippen MR) is 137 cm³/mol. The van der Waals surface area contributed by atoms with Crippen LogP contribution >= 0.6 is 11.8 Å². The molecule has 5 rings (SSSR count). The maximum atomic E-state index is 13.0. The van der Waals surface area contributed by atoms with Crippen LogP contribution in [0.2, 0.25) is 0 Å². The molecule has 1 aliphatic rings. The summed E-state index contributed by atoms with van der Waals surface area (Å²) in [4.78, 5) is 21.4. The van der Waals surface area contributed by atoms with Gasteiger partial charge in [-0.1, -0.05) is 30.0 Å². The zero-order chi connectivity index (χ0) is 24.0. The van der Waals surface area contributed by atoms with E-state index in [0.29, 0.717) is 29.8 Å². The van der Waals surface area contributed by atoms with Crippen molar-refractivity contribution in [1.82, 2.24) is 24.6 Å². The standard InChI is InChI=1S/C26H26N6O2S/c1-34-23-9-7-22(8-10-23)32-25(20-11-13-27-14-12-20)28-29-26(32)35-19-24(33)31-17-15-30(16-18-31)21-5-3-2-4-6-21/h2-14H,15-19H2,1H3. The van der Waals surface area contributed by atoms with Gasteiger partial charge in [0.15, 0.2) is 11.0 Å². The van der Waals surface area contributed by atoms with Gasteiger partial charge in [-0.2, -0.15) is 0 Å².